The number of H-pyrrole nitrogens is 1. The van der Waals surface area contributed by atoms with E-state index in [0.29, 0.717) is 18.0 Å². The molecular weight excluding hydrogens is 368 g/mol. The van der Waals surface area contributed by atoms with Gasteiger partial charge >= 0.3 is 5.97 Å². The van der Waals surface area contributed by atoms with Gasteiger partial charge in [0.15, 0.2) is 0 Å². The molecule has 0 bridgehead atoms. The summed E-state index contributed by atoms with van der Waals surface area (Å²) in [5.74, 6) is 1.76. The average molecular weight is 392 g/mol. The molecule has 3 rings (SSSR count). The normalized spacial score (nSPS) is 11.2. The maximum absolute atomic E-state index is 12.0. The third kappa shape index (κ3) is 4.66. The Labute approximate surface area is 170 Å². The molecule has 1 heterocycles. The van der Waals surface area contributed by atoms with Crippen molar-refractivity contribution < 1.29 is 19.0 Å². The minimum Gasteiger partial charge on any atom is -0.497 e. The number of aromatic amines is 1. The fourth-order valence-corrected chi connectivity index (χ4v) is 2.89. The van der Waals surface area contributed by atoms with Gasteiger partial charge in [-0.15, -0.1) is 0 Å². The zero-order valence-electron chi connectivity index (χ0n) is 17.0. The van der Waals surface area contributed by atoms with Crippen LogP contribution in [0.3, 0.4) is 0 Å². The molecule has 0 aliphatic carbocycles. The number of rotatable bonds is 7. The van der Waals surface area contributed by atoms with Gasteiger partial charge < -0.3 is 19.2 Å². The second-order valence-electron chi connectivity index (χ2n) is 6.35. The van der Waals surface area contributed by atoms with Crippen molar-refractivity contribution in [2.45, 2.75) is 13.8 Å². The highest BCUT2D eigenvalue weighted by atomic mass is 16.5. The number of hydrogen-bond acceptors (Lipinski definition) is 5. The molecule has 6 heteroatoms. The van der Waals surface area contributed by atoms with Crippen LogP contribution in [0, 0.1) is 0 Å². The zero-order valence-corrected chi connectivity index (χ0v) is 17.0. The maximum atomic E-state index is 12.0. The van der Waals surface area contributed by atoms with E-state index in [4.69, 9.17) is 19.2 Å². The first-order valence-electron chi connectivity index (χ1n) is 9.30. The van der Waals surface area contributed by atoms with Gasteiger partial charge in [0.2, 0.25) is 0 Å². The van der Waals surface area contributed by atoms with Crippen LogP contribution in [0.5, 0.6) is 11.5 Å². The number of imidazole rings is 1. The minimum atomic E-state index is -0.360. The van der Waals surface area contributed by atoms with E-state index >= 15 is 0 Å². The summed E-state index contributed by atoms with van der Waals surface area (Å²) in [6.45, 7) is 3.82. The van der Waals surface area contributed by atoms with Gasteiger partial charge in [0.25, 0.3) is 0 Å². The van der Waals surface area contributed by atoms with Crippen molar-refractivity contribution in [3.63, 3.8) is 0 Å². The molecule has 0 fully saturated rings. The Bertz CT molecular complexity index is 937. The Morgan fingerprint density at radius 2 is 1.52 bits per heavy atom. The summed E-state index contributed by atoms with van der Waals surface area (Å²) in [7, 11) is 3.27. The van der Waals surface area contributed by atoms with Gasteiger partial charge in [0, 0.05) is 16.7 Å². The Balaban J connectivity index is 2.07. The van der Waals surface area contributed by atoms with Crippen LogP contribution < -0.4 is 9.47 Å². The standard InChI is InChI=1S/C23H24N2O4/c1-5-29-23(26)15(2)14-20-24-21(16-6-10-18(27-3)11-7-16)22(25-20)17-8-12-19(28-4)13-9-17/h6-14H,5H2,1-4H3,(H,24,25)/b15-14+. The summed E-state index contributed by atoms with van der Waals surface area (Å²) >= 11 is 0. The number of aromatic nitrogens is 2. The molecular formula is C23H24N2O4. The number of nitrogens with zero attached hydrogens (tertiary/aromatic N) is 1. The summed E-state index contributed by atoms with van der Waals surface area (Å²) in [5.41, 5.74) is 3.99. The summed E-state index contributed by atoms with van der Waals surface area (Å²) < 4.78 is 15.6. The summed E-state index contributed by atoms with van der Waals surface area (Å²) in [5, 5.41) is 0. The molecule has 0 amide bonds. The Morgan fingerprint density at radius 1 is 0.966 bits per heavy atom. The number of ether oxygens (including phenoxy) is 3. The molecule has 0 aliphatic heterocycles. The number of esters is 1. The monoisotopic (exact) mass is 392 g/mol. The van der Waals surface area contributed by atoms with Gasteiger partial charge in [-0.3, -0.25) is 0 Å². The van der Waals surface area contributed by atoms with Crippen molar-refractivity contribution in [2.24, 2.45) is 0 Å². The molecule has 6 nitrogen and oxygen atoms in total. The fourth-order valence-electron chi connectivity index (χ4n) is 2.89. The molecule has 3 aromatic rings. The molecule has 0 aliphatic rings. The Morgan fingerprint density at radius 3 is 2.03 bits per heavy atom. The van der Waals surface area contributed by atoms with Crippen LogP contribution in [0.25, 0.3) is 28.6 Å². The van der Waals surface area contributed by atoms with E-state index in [0.717, 1.165) is 34.0 Å². The highest BCUT2D eigenvalue weighted by molar-refractivity contribution is 5.93. The van der Waals surface area contributed by atoms with Crippen LogP contribution in [0.1, 0.15) is 19.7 Å². The lowest BCUT2D eigenvalue weighted by Gasteiger charge is -2.06. The van der Waals surface area contributed by atoms with Crippen molar-refractivity contribution >= 4 is 12.0 Å². The molecule has 2 aromatic carbocycles. The van der Waals surface area contributed by atoms with E-state index in [1.54, 1.807) is 34.1 Å². The maximum Gasteiger partial charge on any atom is 0.333 e. The first kappa shape index (κ1) is 20.2. The molecule has 0 atom stereocenters. The second kappa shape index (κ2) is 9.10. The average Bonchev–Trinajstić information content (AvgIpc) is 3.17. The summed E-state index contributed by atoms with van der Waals surface area (Å²) in [6.07, 6.45) is 1.69. The lowest BCUT2D eigenvalue weighted by molar-refractivity contribution is -0.138. The van der Waals surface area contributed by atoms with E-state index < -0.39 is 0 Å². The zero-order chi connectivity index (χ0) is 20.8. The molecule has 0 saturated carbocycles. The van der Waals surface area contributed by atoms with Crippen LogP contribution in [0.15, 0.2) is 54.1 Å². The first-order valence-corrected chi connectivity index (χ1v) is 9.30. The lowest BCUT2D eigenvalue weighted by atomic mass is 10.0. The van der Waals surface area contributed by atoms with Gasteiger partial charge in [-0.25, -0.2) is 9.78 Å². The summed E-state index contributed by atoms with van der Waals surface area (Å²) in [4.78, 5) is 20.0. The van der Waals surface area contributed by atoms with Gasteiger partial charge in [-0.05, 0) is 68.5 Å². The number of hydrogen-bond donors (Lipinski definition) is 1. The molecule has 0 saturated heterocycles. The van der Waals surface area contributed by atoms with Crippen LogP contribution in [-0.2, 0) is 9.53 Å². The number of benzene rings is 2. The lowest BCUT2D eigenvalue weighted by Crippen LogP contribution is -2.04. The SMILES string of the molecule is CCOC(=O)/C(C)=C/c1nc(-c2ccc(OC)cc2)c(-c2ccc(OC)cc2)[nH]1. The van der Waals surface area contributed by atoms with E-state index in [2.05, 4.69) is 4.98 Å². The number of methoxy groups -OCH3 is 2. The van der Waals surface area contributed by atoms with E-state index in [9.17, 15) is 4.79 Å². The Hall–Kier alpha value is -3.54. The third-order valence-corrected chi connectivity index (χ3v) is 4.41. The Kier molecular flexibility index (Phi) is 6.34. The van der Waals surface area contributed by atoms with Gasteiger partial charge in [0.05, 0.1) is 32.2 Å². The molecule has 0 unspecified atom stereocenters. The predicted molar refractivity (Wildman–Crippen MR) is 113 cm³/mol. The van der Waals surface area contributed by atoms with Gasteiger partial charge in [-0.2, -0.15) is 0 Å². The van der Waals surface area contributed by atoms with E-state index in [-0.39, 0.29) is 5.97 Å². The van der Waals surface area contributed by atoms with E-state index in [1.807, 2.05) is 48.5 Å². The van der Waals surface area contributed by atoms with Gasteiger partial charge in [0.1, 0.15) is 17.3 Å². The summed E-state index contributed by atoms with van der Waals surface area (Å²) in [6, 6.07) is 15.4. The third-order valence-electron chi connectivity index (χ3n) is 4.41. The fraction of sp³-hybridized carbons (Fsp3) is 0.217. The highest BCUT2D eigenvalue weighted by Crippen LogP contribution is 2.32. The van der Waals surface area contributed by atoms with Crippen LogP contribution >= 0.6 is 0 Å². The second-order valence-corrected chi connectivity index (χ2v) is 6.35. The largest absolute Gasteiger partial charge is 0.497 e. The number of nitrogens with one attached hydrogen (secondary N) is 1. The topological polar surface area (TPSA) is 73.4 Å². The smallest absolute Gasteiger partial charge is 0.333 e. The quantitative estimate of drug-likeness (QED) is 0.465. The van der Waals surface area contributed by atoms with Gasteiger partial charge in [-0.1, -0.05) is 0 Å². The predicted octanol–water partition coefficient (Wildman–Crippen LogP) is 4.73. The highest BCUT2D eigenvalue weighted by Gasteiger charge is 2.15. The van der Waals surface area contributed by atoms with E-state index in [1.165, 1.54) is 0 Å². The van der Waals surface area contributed by atoms with Crippen molar-refractivity contribution in [1.29, 1.82) is 0 Å². The van der Waals surface area contributed by atoms with Crippen molar-refractivity contribution in [2.75, 3.05) is 20.8 Å². The molecule has 150 valence electrons. The van der Waals surface area contributed by atoms with Crippen LogP contribution in [0.4, 0.5) is 0 Å². The number of carbonyl (C=O) groups is 1. The molecule has 1 N–H and O–H groups in total. The molecule has 1 aromatic heterocycles. The van der Waals surface area contributed by atoms with Crippen molar-refractivity contribution in [3.8, 4) is 34.0 Å². The first-order chi connectivity index (χ1) is 14.0. The molecule has 0 radical (unpaired) electrons. The molecule has 0 spiro atoms. The molecule has 29 heavy (non-hydrogen) atoms. The van der Waals surface area contributed by atoms with Crippen molar-refractivity contribution in [3.05, 3.63) is 59.9 Å². The number of carbonyl (C=O) groups excluding carboxylic acids is 1. The minimum absolute atomic E-state index is 0.330. The van der Waals surface area contributed by atoms with Crippen LogP contribution in [-0.4, -0.2) is 36.8 Å². The van der Waals surface area contributed by atoms with Crippen molar-refractivity contribution in [1.82, 2.24) is 9.97 Å². The van der Waals surface area contributed by atoms with Crippen LogP contribution in [0.2, 0.25) is 0 Å².